The normalized spacial score (nSPS) is 12.7. The van der Waals surface area contributed by atoms with E-state index < -0.39 is 24.7 Å². The maximum absolute atomic E-state index is 12.8. The number of amides is 1. The van der Waals surface area contributed by atoms with Gasteiger partial charge in [-0.15, -0.1) is 0 Å². The first-order valence-corrected chi connectivity index (χ1v) is 7.88. The molecule has 1 unspecified atom stereocenters. The van der Waals surface area contributed by atoms with Gasteiger partial charge in [-0.3, -0.25) is 4.79 Å². The molecule has 1 atom stereocenters. The average molecular weight is 343 g/mol. The summed E-state index contributed by atoms with van der Waals surface area (Å²) in [4.78, 5) is 13.1. The van der Waals surface area contributed by atoms with Crippen molar-refractivity contribution in [2.45, 2.75) is 25.7 Å². The van der Waals surface area contributed by atoms with E-state index in [-0.39, 0.29) is 6.54 Å². The number of hydrogen-bond donors (Lipinski definition) is 0. The van der Waals surface area contributed by atoms with Crippen molar-refractivity contribution < 1.29 is 22.7 Å². The summed E-state index contributed by atoms with van der Waals surface area (Å²) in [5.74, 6) is -0.256. The third kappa shape index (κ3) is 5.59. The zero-order valence-corrected chi connectivity index (χ0v) is 13.2. The Labute approximate surface area is 136 Å². The van der Waals surface area contributed by atoms with Crippen molar-refractivity contribution in [3.63, 3.8) is 0 Å². The highest BCUT2D eigenvalue weighted by atomic mass is 32.1. The standard InChI is InChI=1S/C16H16F3NO2S/c1-12(22-14-5-3-2-4-6-14)15(21)20(11-16(17,18)19)9-13-7-8-23-10-13/h2-8,10,12H,9,11H2,1H3. The molecular weight excluding hydrogens is 327 g/mol. The molecular formula is C16H16F3NO2S. The third-order valence-electron chi connectivity index (χ3n) is 3.04. The van der Waals surface area contributed by atoms with Gasteiger partial charge in [-0.2, -0.15) is 24.5 Å². The number of carbonyl (C=O) groups is 1. The molecule has 0 aliphatic heterocycles. The first kappa shape index (κ1) is 17.3. The molecule has 0 N–H and O–H groups in total. The number of halogens is 3. The first-order valence-electron chi connectivity index (χ1n) is 6.93. The number of ether oxygens (including phenoxy) is 1. The van der Waals surface area contributed by atoms with Gasteiger partial charge in [0.2, 0.25) is 0 Å². The van der Waals surface area contributed by atoms with E-state index in [1.54, 1.807) is 47.2 Å². The zero-order valence-electron chi connectivity index (χ0n) is 12.4. The third-order valence-corrected chi connectivity index (χ3v) is 3.77. The first-order chi connectivity index (χ1) is 10.8. The lowest BCUT2D eigenvalue weighted by Crippen LogP contribution is -2.44. The molecule has 0 aliphatic carbocycles. The van der Waals surface area contributed by atoms with Crippen LogP contribution in [0.25, 0.3) is 0 Å². The number of rotatable bonds is 6. The van der Waals surface area contributed by atoms with Crippen LogP contribution >= 0.6 is 11.3 Å². The Morgan fingerprint density at radius 2 is 1.96 bits per heavy atom. The quantitative estimate of drug-likeness (QED) is 0.790. The lowest BCUT2D eigenvalue weighted by atomic mass is 10.2. The molecule has 2 aromatic rings. The SMILES string of the molecule is CC(Oc1ccccc1)C(=O)N(Cc1ccsc1)CC(F)(F)F. The van der Waals surface area contributed by atoms with E-state index in [2.05, 4.69) is 0 Å². The van der Waals surface area contributed by atoms with E-state index >= 15 is 0 Å². The Kier molecular flexibility index (Phi) is 5.65. The van der Waals surface area contributed by atoms with Crippen LogP contribution in [0.4, 0.5) is 13.2 Å². The molecule has 23 heavy (non-hydrogen) atoms. The number of para-hydroxylation sites is 1. The van der Waals surface area contributed by atoms with Gasteiger partial charge < -0.3 is 9.64 Å². The molecule has 0 aliphatic rings. The van der Waals surface area contributed by atoms with Gasteiger partial charge in [0.05, 0.1) is 0 Å². The predicted molar refractivity (Wildman–Crippen MR) is 82.3 cm³/mol. The second kappa shape index (κ2) is 7.50. The van der Waals surface area contributed by atoms with E-state index in [9.17, 15) is 18.0 Å². The molecule has 0 fully saturated rings. The smallest absolute Gasteiger partial charge is 0.406 e. The Balaban J connectivity index is 2.08. The highest BCUT2D eigenvalue weighted by Crippen LogP contribution is 2.21. The molecule has 7 heteroatoms. The highest BCUT2D eigenvalue weighted by Gasteiger charge is 2.35. The topological polar surface area (TPSA) is 29.5 Å². The molecule has 0 radical (unpaired) electrons. The molecule has 1 amide bonds. The molecule has 3 nitrogen and oxygen atoms in total. The largest absolute Gasteiger partial charge is 0.481 e. The fourth-order valence-corrected chi connectivity index (χ4v) is 2.70. The maximum Gasteiger partial charge on any atom is 0.406 e. The Morgan fingerprint density at radius 1 is 1.26 bits per heavy atom. The van der Waals surface area contributed by atoms with E-state index in [1.165, 1.54) is 18.3 Å². The molecule has 0 saturated carbocycles. The van der Waals surface area contributed by atoms with Gasteiger partial charge in [0.15, 0.2) is 6.10 Å². The minimum atomic E-state index is -4.46. The van der Waals surface area contributed by atoms with Crippen molar-refractivity contribution in [3.8, 4) is 5.75 Å². The summed E-state index contributed by atoms with van der Waals surface area (Å²) in [5.41, 5.74) is 0.666. The van der Waals surface area contributed by atoms with Crippen LogP contribution < -0.4 is 4.74 Å². The minimum Gasteiger partial charge on any atom is -0.481 e. The van der Waals surface area contributed by atoms with Crippen LogP contribution in [0.15, 0.2) is 47.2 Å². The molecule has 0 bridgehead atoms. The van der Waals surface area contributed by atoms with Crippen molar-refractivity contribution in [1.29, 1.82) is 0 Å². The van der Waals surface area contributed by atoms with Gasteiger partial charge in [-0.25, -0.2) is 0 Å². The van der Waals surface area contributed by atoms with Gasteiger partial charge >= 0.3 is 6.18 Å². The molecule has 1 aromatic heterocycles. The van der Waals surface area contributed by atoms with Crippen LogP contribution in [0.5, 0.6) is 5.75 Å². The van der Waals surface area contributed by atoms with Crippen molar-refractivity contribution in [3.05, 3.63) is 52.7 Å². The summed E-state index contributed by atoms with van der Waals surface area (Å²) in [7, 11) is 0. The van der Waals surface area contributed by atoms with Gasteiger partial charge in [0, 0.05) is 6.54 Å². The number of benzene rings is 1. The Morgan fingerprint density at radius 3 is 2.52 bits per heavy atom. The van der Waals surface area contributed by atoms with Crippen molar-refractivity contribution in [2.75, 3.05) is 6.54 Å². The maximum atomic E-state index is 12.8. The summed E-state index contributed by atoms with van der Waals surface area (Å²) < 4.78 is 43.7. The second-order valence-corrected chi connectivity index (χ2v) is 5.79. The number of hydrogen-bond acceptors (Lipinski definition) is 3. The Bertz CT molecular complexity index is 614. The van der Waals surface area contributed by atoms with Crippen LogP contribution in [-0.4, -0.2) is 29.6 Å². The zero-order chi connectivity index (χ0) is 16.9. The number of thiophene rings is 1. The van der Waals surface area contributed by atoms with E-state index in [1.807, 2.05) is 0 Å². The number of alkyl halides is 3. The summed E-state index contributed by atoms with van der Waals surface area (Å²) in [5, 5.41) is 3.48. The average Bonchev–Trinajstić information content (AvgIpc) is 2.98. The van der Waals surface area contributed by atoms with Gasteiger partial charge in [-0.1, -0.05) is 18.2 Å². The molecule has 0 spiro atoms. The molecule has 1 heterocycles. The van der Waals surface area contributed by atoms with Gasteiger partial charge in [0.25, 0.3) is 5.91 Å². The Hall–Kier alpha value is -2.02. The van der Waals surface area contributed by atoms with Crippen molar-refractivity contribution in [1.82, 2.24) is 4.90 Å². The second-order valence-electron chi connectivity index (χ2n) is 5.01. The minimum absolute atomic E-state index is 0.0929. The van der Waals surface area contributed by atoms with Crippen LogP contribution in [0.1, 0.15) is 12.5 Å². The van der Waals surface area contributed by atoms with E-state index in [0.29, 0.717) is 11.3 Å². The van der Waals surface area contributed by atoms with E-state index in [4.69, 9.17) is 4.74 Å². The van der Waals surface area contributed by atoms with Gasteiger partial charge in [-0.05, 0) is 41.4 Å². The molecule has 0 saturated heterocycles. The van der Waals surface area contributed by atoms with E-state index in [0.717, 1.165) is 4.90 Å². The summed E-state index contributed by atoms with van der Waals surface area (Å²) >= 11 is 1.37. The fraction of sp³-hybridized carbons (Fsp3) is 0.312. The predicted octanol–water partition coefficient (Wildman–Crippen LogP) is 4.11. The molecule has 124 valence electrons. The summed E-state index contributed by atoms with van der Waals surface area (Å²) in [6.07, 6.45) is -5.46. The van der Waals surface area contributed by atoms with Crippen molar-refractivity contribution >= 4 is 17.2 Å². The summed E-state index contributed by atoms with van der Waals surface area (Å²) in [6.45, 7) is 0.0564. The molecule has 2 rings (SSSR count). The van der Waals surface area contributed by atoms with Crippen LogP contribution in [-0.2, 0) is 11.3 Å². The lowest BCUT2D eigenvalue weighted by molar-refractivity contribution is -0.166. The van der Waals surface area contributed by atoms with Crippen LogP contribution in [0.3, 0.4) is 0 Å². The van der Waals surface area contributed by atoms with Crippen LogP contribution in [0.2, 0.25) is 0 Å². The van der Waals surface area contributed by atoms with Gasteiger partial charge in [0.1, 0.15) is 12.3 Å². The summed E-state index contributed by atoms with van der Waals surface area (Å²) in [6, 6.07) is 10.2. The fourth-order valence-electron chi connectivity index (χ4n) is 2.04. The number of nitrogens with zero attached hydrogens (tertiary/aromatic N) is 1. The number of carbonyl (C=O) groups excluding carboxylic acids is 1. The van der Waals surface area contributed by atoms with Crippen LogP contribution in [0, 0.1) is 0 Å². The monoisotopic (exact) mass is 343 g/mol. The van der Waals surface area contributed by atoms with Crippen molar-refractivity contribution in [2.24, 2.45) is 0 Å². The highest BCUT2D eigenvalue weighted by molar-refractivity contribution is 7.07. The lowest BCUT2D eigenvalue weighted by Gasteiger charge is -2.26. The molecule has 1 aromatic carbocycles.